The molecule has 1 N–H and O–H groups in total. The topological polar surface area (TPSA) is 75.7 Å². The smallest absolute Gasteiger partial charge is 0.245 e. The van der Waals surface area contributed by atoms with Crippen LogP contribution in [0.2, 0.25) is 0 Å². The first-order chi connectivity index (χ1) is 12.2. The number of nitrogens with zero attached hydrogens (tertiary/aromatic N) is 1. The summed E-state index contributed by atoms with van der Waals surface area (Å²) < 4.78 is 30.9. The number of hydrogen-bond donors (Lipinski definition) is 1. The molecule has 0 spiro atoms. The zero-order valence-corrected chi connectivity index (χ0v) is 16.8. The number of aryl methyl sites for hydroxylation is 1. The third-order valence-corrected chi connectivity index (χ3v) is 5.50. The molecule has 8 heteroatoms. The summed E-state index contributed by atoms with van der Waals surface area (Å²) in [6.45, 7) is 1.50. The van der Waals surface area contributed by atoms with Gasteiger partial charge >= 0.3 is 0 Å². The fourth-order valence-corrected chi connectivity index (χ4v) is 3.72. The highest BCUT2D eigenvalue weighted by Crippen LogP contribution is 2.31. The Kier molecular flexibility index (Phi) is 6.55. The third-order valence-electron chi connectivity index (χ3n) is 3.64. The molecular weight excluding hydrogens is 372 g/mol. The summed E-state index contributed by atoms with van der Waals surface area (Å²) in [4.78, 5) is 13.5. The predicted octanol–water partition coefficient (Wildman–Crippen LogP) is 3.13. The van der Waals surface area contributed by atoms with Gasteiger partial charge in [-0.3, -0.25) is 9.10 Å². The maximum atomic E-state index is 12.5. The van der Waals surface area contributed by atoms with Crippen LogP contribution in [0.4, 0.5) is 11.4 Å². The number of rotatable bonds is 7. The van der Waals surface area contributed by atoms with Gasteiger partial charge in [-0.1, -0.05) is 12.1 Å². The number of anilines is 2. The van der Waals surface area contributed by atoms with Gasteiger partial charge in [-0.25, -0.2) is 8.42 Å². The van der Waals surface area contributed by atoms with Gasteiger partial charge in [0.25, 0.3) is 0 Å². The fraction of sp³-hybridized carbons (Fsp3) is 0.278. The number of methoxy groups -OCH3 is 1. The standard InChI is InChI=1S/C18H22N2O4S2/c1-13-8-9-17(24-2)16(10-13)20(26(4,22)23)12-18(21)19-14-6-5-7-15(11-14)25-3/h5-11H,12H2,1-4H3,(H,19,21). The quantitative estimate of drug-likeness (QED) is 0.730. The van der Waals surface area contributed by atoms with E-state index < -0.39 is 15.9 Å². The molecule has 0 saturated heterocycles. The molecule has 0 aliphatic heterocycles. The molecule has 0 aromatic heterocycles. The van der Waals surface area contributed by atoms with Crippen LogP contribution in [0.1, 0.15) is 5.56 Å². The molecule has 2 aromatic carbocycles. The van der Waals surface area contributed by atoms with Crippen LogP contribution in [0.25, 0.3) is 0 Å². The SMILES string of the molecule is COc1ccc(C)cc1N(CC(=O)Nc1cccc(SC)c1)S(C)(=O)=O. The van der Waals surface area contributed by atoms with Gasteiger partial charge in [0.15, 0.2) is 0 Å². The second kappa shape index (κ2) is 8.46. The summed E-state index contributed by atoms with van der Waals surface area (Å²) in [6.07, 6.45) is 3.01. The molecule has 2 rings (SSSR count). The molecule has 0 bridgehead atoms. The average molecular weight is 395 g/mol. The maximum absolute atomic E-state index is 12.5. The van der Waals surface area contributed by atoms with Crippen LogP contribution in [0.3, 0.4) is 0 Å². The van der Waals surface area contributed by atoms with Crippen molar-refractivity contribution in [3.63, 3.8) is 0 Å². The van der Waals surface area contributed by atoms with Crippen LogP contribution < -0.4 is 14.4 Å². The van der Waals surface area contributed by atoms with E-state index in [2.05, 4.69) is 5.32 Å². The second-order valence-electron chi connectivity index (χ2n) is 5.73. The van der Waals surface area contributed by atoms with Gasteiger partial charge in [0.2, 0.25) is 15.9 Å². The van der Waals surface area contributed by atoms with Crippen molar-refractivity contribution in [2.24, 2.45) is 0 Å². The van der Waals surface area contributed by atoms with Crippen molar-refractivity contribution in [1.29, 1.82) is 0 Å². The van der Waals surface area contributed by atoms with Crippen LogP contribution in [0.5, 0.6) is 5.75 Å². The second-order valence-corrected chi connectivity index (χ2v) is 8.51. The minimum absolute atomic E-state index is 0.336. The lowest BCUT2D eigenvalue weighted by Gasteiger charge is -2.24. The average Bonchev–Trinajstić information content (AvgIpc) is 2.59. The summed E-state index contributed by atoms with van der Waals surface area (Å²) in [5.74, 6) is -0.0459. The van der Waals surface area contributed by atoms with Crippen molar-refractivity contribution in [2.75, 3.05) is 35.8 Å². The van der Waals surface area contributed by atoms with E-state index in [0.717, 1.165) is 21.0 Å². The van der Waals surface area contributed by atoms with Crippen LogP contribution in [-0.4, -0.2) is 40.5 Å². The van der Waals surface area contributed by atoms with E-state index >= 15 is 0 Å². The first-order valence-electron chi connectivity index (χ1n) is 7.81. The Morgan fingerprint density at radius 2 is 1.96 bits per heavy atom. The van der Waals surface area contributed by atoms with Gasteiger partial charge in [-0.2, -0.15) is 0 Å². The number of amides is 1. The van der Waals surface area contributed by atoms with Crippen molar-refractivity contribution >= 4 is 39.1 Å². The van der Waals surface area contributed by atoms with E-state index in [-0.39, 0.29) is 6.54 Å². The van der Waals surface area contributed by atoms with E-state index in [9.17, 15) is 13.2 Å². The molecule has 0 saturated carbocycles. The highest BCUT2D eigenvalue weighted by atomic mass is 32.2. The summed E-state index contributed by atoms with van der Waals surface area (Å²) in [6, 6.07) is 12.5. The van der Waals surface area contributed by atoms with E-state index in [1.807, 2.05) is 37.4 Å². The third kappa shape index (κ3) is 5.15. The minimum Gasteiger partial charge on any atom is -0.495 e. The van der Waals surface area contributed by atoms with Gasteiger partial charge in [0.1, 0.15) is 12.3 Å². The van der Waals surface area contributed by atoms with Crippen LogP contribution in [-0.2, 0) is 14.8 Å². The van der Waals surface area contributed by atoms with Crippen LogP contribution >= 0.6 is 11.8 Å². The van der Waals surface area contributed by atoms with Gasteiger partial charge in [-0.05, 0) is 49.1 Å². The predicted molar refractivity (Wildman–Crippen MR) is 107 cm³/mol. The molecule has 2 aromatic rings. The molecule has 0 atom stereocenters. The molecular formula is C18H22N2O4S2. The molecule has 0 unspecified atom stereocenters. The lowest BCUT2D eigenvalue weighted by Crippen LogP contribution is -2.37. The molecule has 0 aliphatic carbocycles. The zero-order chi connectivity index (χ0) is 19.3. The fourth-order valence-electron chi connectivity index (χ4n) is 2.41. The summed E-state index contributed by atoms with van der Waals surface area (Å²) in [5.41, 5.74) is 1.82. The summed E-state index contributed by atoms with van der Waals surface area (Å²) in [7, 11) is -2.22. The molecule has 0 heterocycles. The highest BCUT2D eigenvalue weighted by molar-refractivity contribution is 7.98. The largest absolute Gasteiger partial charge is 0.495 e. The first-order valence-corrected chi connectivity index (χ1v) is 10.9. The van der Waals surface area contributed by atoms with Gasteiger partial charge < -0.3 is 10.1 Å². The van der Waals surface area contributed by atoms with Crippen LogP contribution in [0, 0.1) is 6.92 Å². The highest BCUT2D eigenvalue weighted by Gasteiger charge is 2.24. The normalized spacial score (nSPS) is 11.1. The van der Waals surface area contributed by atoms with Crippen molar-refractivity contribution < 1.29 is 17.9 Å². The Balaban J connectivity index is 2.29. The lowest BCUT2D eigenvalue weighted by molar-refractivity contribution is -0.114. The number of thioether (sulfide) groups is 1. The van der Waals surface area contributed by atoms with Crippen molar-refractivity contribution in [2.45, 2.75) is 11.8 Å². The number of benzene rings is 2. The molecule has 0 fully saturated rings. The molecule has 0 aliphatic rings. The van der Waals surface area contributed by atoms with Gasteiger partial charge in [0.05, 0.1) is 19.1 Å². The number of sulfonamides is 1. The Bertz CT molecular complexity index is 898. The number of hydrogen-bond acceptors (Lipinski definition) is 5. The first kappa shape index (κ1) is 20.1. The van der Waals surface area contributed by atoms with Gasteiger partial charge in [0, 0.05) is 10.6 Å². The summed E-state index contributed by atoms with van der Waals surface area (Å²) in [5, 5.41) is 2.74. The lowest BCUT2D eigenvalue weighted by atomic mass is 10.2. The molecule has 0 radical (unpaired) electrons. The van der Waals surface area contributed by atoms with Crippen molar-refractivity contribution in [3.05, 3.63) is 48.0 Å². The van der Waals surface area contributed by atoms with Crippen molar-refractivity contribution in [3.8, 4) is 5.75 Å². The maximum Gasteiger partial charge on any atom is 0.245 e. The Morgan fingerprint density at radius 1 is 1.23 bits per heavy atom. The molecule has 6 nitrogen and oxygen atoms in total. The molecule has 140 valence electrons. The van der Waals surface area contributed by atoms with E-state index in [0.29, 0.717) is 17.1 Å². The summed E-state index contributed by atoms with van der Waals surface area (Å²) >= 11 is 1.56. The van der Waals surface area contributed by atoms with Crippen LogP contribution in [0.15, 0.2) is 47.4 Å². The Hall–Kier alpha value is -2.19. The zero-order valence-electron chi connectivity index (χ0n) is 15.1. The number of carbonyl (C=O) groups excluding carboxylic acids is 1. The van der Waals surface area contributed by atoms with E-state index in [4.69, 9.17) is 4.74 Å². The van der Waals surface area contributed by atoms with Crippen molar-refractivity contribution in [1.82, 2.24) is 0 Å². The molecule has 1 amide bonds. The molecule has 26 heavy (non-hydrogen) atoms. The Labute approximate surface area is 158 Å². The van der Waals surface area contributed by atoms with E-state index in [1.165, 1.54) is 7.11 Å². The minimum atomic E-state index is -3.68. The monoisotopic (exact) mass is 394 g/mol. The number of nitrogens with one attached hydrogen (secondary N) is 1. The Morgan fingerprint density at radius 3 is 2.58 bits per heavy atom. The number of carbonyl (C=O) groups is 1. The number of ether oxygens (including phenoxy) is 1. The van der Waals surface area contributed by atoms with E-state index in [1.54, 1.807) is 30.0 Å². The van der Waals surface area contributed by atoms with Gasteiger partial charge in [-0.15, -0.1) is 11.8 Å².